The van der Waals surface area contributed by atoms with Gasteiger partial charge in [0.15, 0.2) is 0 Å². The highest BCUT2D eigenvalue weighted by Gasteiger charge is 2.23. The summed E-state index contributed by atoms with van der Waals surface area (Å²) in [6.07, 6.45) is 0. The predicted octanol–water partition coefficient (Wildman–Crippen LogP) is 6.72. The molecule has 3 aromatic rings. The third-order valence-corrected chi connectivity index (χ3v) is 5.87. The summed E-state index contributed by atoms with van der Waals surface area (Å²) in [5.74, 6) is 0.277. The van der Waals surface area contributed by atoms with Gasteiger partial charge in [-0.05, 0) is 91.6 Å². The largest absolute Gasteiger partial charge is 0.0617 e. The second-order valence-corrected chi connectivity index (χ2v) is 7.30. The average Bonchev–Trinajstić information content (AvgIpc) is 2.59. The maximum atomic E-state index is 2.30. The molecule has 0 aliphatic rings. The SMILES string of the molecule is Cc1cccc(C(c2cccc(C)c2C)c2cccc(C)c2C)c1C. The molecule has 3 aromatic carbocycles. The van der Waals surface area contributed by atoms with Gasteiger partial charge in [-0.25, -0.2) is 0 Å². The molecule has 0 amide bonds. The van der Waals surface area contributed by atoms with E-state index in [0.717, 1.165) is 0 Å². The lowest BCUT2D eigenvalue weighted by Gasteiger charge is -2.26. The molecule has 0 saturated carbocycles. The van der Waals surface area contributed by atoms with Crippen molar-refractivity contribution in [1.29, 1.82) is 0 Å². The molecule has 0 nitrogen and oxygen atoms in total. The van der Waals surface area contributed by atoms with Crippen LogP contribution in [-0.2, 0) is 0 Å². The van der Waals surface area contributed by atoms with Gasteiger partial charge in [-0.3, -0.25) is 0 Å². The Hall–Kier alpha value is -2.34. The number of hydrogen-bond donors (Lipinski definition) is 0. The smallest absolute Gasteiger partial charge is 0.0348 e. The molecule has 0 heterocycles. The summed E-state index contributed by atoms with van der Waals surface area (Å²) in [6.45, 7) is 13.4. The lowest BCUT2D eigenvalue weighted by atomic mass is 9.78. The van der Waals surface area contributed by atoms with E-state index in [-0.39, 0.29) is 5.92 Å². The van der Waals surface area contributed by atoms with Crippen LogP contribution in [0, 0.1) is 41.5 Å². The van der Waals surface area contributed by atoms with Gasteiger partial charge >= 0.3 is 0 Å². The van der Waals surface area contributed by atoms with Crippen LogP contribution in [0.1, 0.15) is 56.0 Å². The lowest BCUT2D eigenvalue weighted by Crippen LogP contribution is -2.10. The van der Waals surface area contributed by atoms with Crippen LogP contribution in [0.3, 0.4) is 0 Å². The fourth-order valence-corrected chi connectivity index (χ4v) is 3.76. The first-order valence-electron chi connectivity index (χ1n) is 9.10. The van der Waals surface area contributed by atoms with Crippen LogP contribution in [-0.4, -0.2) is 0 Å². The first-order valence-corrected chi connectivity index (χ1v) is 9.10. The molecule has 0 heteroatoms. The first kappa shape index (κ1) is 17.5. The van der Waals surface area contributed by atoms with E-state index < -0.39 is 0 Å². The zero-order valence-electron chi connectivity index (χ0n) is 16.3. The minimum atomic E-state index is 0.277. The summed E-state index contributed by atoms with van der Waals surface area (Å²) >= 11 is 0. The number of aryl methyl sites for hydroxylation is 3. The van der Waals surface area contributed by atoms with Crippen LogP contribution in [0.15, 0.2) is 54.6 Å². The highest BCUT2D eigenvalue weighted by molar-refractivity contribution is 5.54. The summed E-state index contributed by atoms with van der Waals surface area (Å²) < 4.78 is 0. The molecule has 128 valence electrons. The Labute approximate surface area is 152 Å². The fourth-order valence-electron chi connectivity index (χ4n) is 3.76. The molecule has 0 fully saturated rings. The van der Waals surface area contributed by atoms with Crippen molar-refractivity contribution in [3.05, 3.63) is 105 Å². The van der Waals surface area contributed by atoms with E-state index in [1.807, 2.05) is 0 Å². The highest BCUT2D eigenvalue weighted by atomic mass is 14.3. The van der Waals surface area contributed by atoms with Crippen LogP contribution in [0.5, 0.6) is 0 Å². The lowest BCUT2D eigenvalue weighted by molar-refractivity contribution is 0.925. The molecule has 0 aliphatic carbocycles. The molecule has 0 aliphatic heterocycles. The van der Waals surface area contributed by atoms with Crippen LogP contribution >= 0.6 is 0 Å². The van der Waals surface area contributed by atoms with Gasteiger partial charge in [-0.1, -0.05) is 54.6 Å². The van der Waals surface area contributed by atoms with Crippen molar-refractivity contribution < 1.29 is 0 Å². The summed E-state index contributed by atoms with van der Waals surface area (Å²) in [4.78, 5) is 0. The second-order valence-electron chi connectivity index (χ2n) is 7.30. The molecule has 0 unspecified atom stereocenters. The molecule has 0 saturated heterocycles. The first-order chi connectivity index (χ1) is 11.9. The Bertz CT molecular complexity index is 793. The molecular formula is C25H28. The van der Waals surface area contributed by atoms with Gasteiger partial charge in [0, 0.05) is 5.92 Å². The van der Waals surface area contributed by atoms with Crippen molar-refractivity contribution in [3.8, 4) is 0 Å². The zero-order chi connectivity index (χ0) is 18.1. The molecule has 0 atom stereocenters. The maximum absolute atomic E-state index is 2.30. The van der Waals surface area contributed by atoms with Gasteiger partial charge in [-0.15, -0.1) is 0 Å². The van der Waals surface area contributed by atoms with E-state index in [2.05, 4.69) is 96.1 Å². The second kappa shape index (κ2) is 6.88. The molecule has 0 bridgehead atoms. The van der Waals surface area contributed by atoms with Crippen molar-refractivity contribution in [1.82, 2.24) is 0 Å². The van der Waals surface area contributed by atoms with Crippen LogP contribution < -0.4 is 0 Å². The molecule has 0 N–H and O–H groups in total. The van der Waals surface area contributed by atoms with Crippen molar-refractivity contribution >= 4 is 0 Å². The van der Waals surface area contributed by atoms with Crippen LogP contribution in [0.4, 0.5) is 0 Å². The molecule has 25 heavy (non-hydrogen) atoms. The third kappa shape index (κ3) is 3.14. The highest BCUT2D eigenvalue weighted by Crippen LogP contribution is 2.38. The monoisotopic (exact) mass is 328 g/mol. The van der Waals surface area contributed by atoms with Crippen molar-refractivity contribution in [2.75, 3.05) is 0 Å². The van der Waals surface area contributed by atoms with E-state index in [0.29, 0.717) is 0 Å². The number of hydrogen-bond acceptors (Lipinski definition) is 0. The van der Waals surface area contributed by atoms with E-state index >= 15 is 0 Å². The summed E-state index contributed by atoms with van der Waals surface area (Å²) in [5, 5.41) is 0. The van der Waals surface area contributed by atoms with E-state index in [1.54, 1.807) is 0 Å². The Morgan fingerprint density at radius 1 is 0.440 bits per heavy atom. The molecule has 0 spiro atoms. The number of benzene rings is 3. The average molecular weight is 328 g/mol. The minimum Gasteiger partial charge on any atom is -0.0617 e. The normalized spacial score (nSPS) is 11.2. The van der Waals surface area contributed by atoms with Gasteiger partial charge in [0.25, 0.3) is 0 Å². The van der Waals surface area contributed by atoms with Crippen LogP contribution in [0.25, 0.3) is 0 Å². The third-order valence-electron chi connectivity index (χ3n) is 5.87. The standard InChI is InChI=1S/C25H28/c1-16-10-7-13-22(19(16)4)25(23-14-8-11-17(2)20(23)5)24-15-9-12-18(3)21(24)6/h7-15,25H,1-6H3. The Balaban J connectivity index is 2.35. The van der Waals surface area contributed by atoms with Crippen molar-refractivity contribution in [2.45, 2.75) is 47.5 Å². The van der Waals surface area contributed by atoms with Crippen LogP contribution in [0.2, 0.25) is 0 Å². The van der Waals surface area contributed by atoms with Gasteiger partial charge in [0.2, 0.25) is 0 Å². The molecule has 0 aromatic heterocycles. The van der Waals surface area contributed by atoms with Crippen molar-refractivity contribution in [3.63, 3.8) is 0 Å². The zero-order valence-corrected chi connectivity index (χ0v) is 16.3. The van der Waals surface area contributed by atoms with E-state index in [1.165, 1.54) is 50.1 Å². The Morgan fingerprint density at radius 3 is 1.00 bits per heavy atom. The van der Waals surface area contributed by atoms with Crippen molar-refractivity contribution in [2.24, 2.45) is 0 Å². The predicted molar refractivity (Wildman–Crippen MR) is 109 cm³/mol. The van der Waals surface area contributed by atoms with Gasteiger partial charge < -0.3 is 0 Å². The Morgan fingerprint density at radius 2 is 0.720 bits per heavy atom. The Kier molecular flexibility index (Phi) is 4.81. The quantitative estimate of drug-likeness (QED) is 0.468. The maximum Gasteiger partial charge on any atom is 0.0348 e. The number of rotatable bonds is 3. The summed E-state index contributed by atoms with van der Waals surface area (Å²) in [7, 11) is 0. The van der Waals surface area contributed by atoms with Gasteiger partial charge in [-0.2, -0.15) is 0 Å². The van der Waals surface area contributed by atoms with Gasteiger partial charge in [0.1, 0.15) is 0 Å². The summed E-state index contributed by atoms with van der Waals surface area (Å²) in [5.41, 5.74) is 12.5. The summed E-state index contributed by atoms with van der Waals surface area (Å²) in [6, 6.07) is 20.1. The topological polar surface area (TPSA) is 0 Å². The molecular weight excluding hydrogens is 300 g/mol. The minimum absolute atomic E-state index is 0.277. The molecule has 0 radical (unpaired) electrons. The van der Waals surface area contributed by atoms with E-state index in [4.69, 9.17) is 0 Å². The fraction of sp³-hybridized carbons (Fsp3) is 0.280. The molecule has 3 rings (SSSR count). The van der Waals surface area contributed by atoms with Gasteiger partial charge in [0.05, 0.1) is 0 Å². The van der Waals surface area contributed by atoms with E-state index in [9.17, 15) is 0 Å².